The second-order valence-corrected chi connectivity index (χ2v) is 13.7. The number of unbranched alkanes of at least 4 members (excludes halogenated alkanes) is 24. The van der Waals surface area contributed by atoms with Crippen LogP contribution in [0.5, 0.6) is 0 Å². The van der Waals surface area contributed by atoms with E-state index >= 15 is 0 Å². The fraction of sp³-hybridized carbons (Fsp3) is 0.878. The Balaban J connectivity index is 3.80. The lowest BCUT2D eigenvalue weighted by Crippen LogP contribution is -2.40. The van der Waals surface area contributed by atoms with Crippen LogP contribution in [0.3, 0.4) is 0 Å². The summed E-state index contributed by atoms with van der Waals surface area (Å²) in [6.45, 7) is 5.92. The van der Waals surface area contributed by atoms with Gasteiger partial charge in [-0.3, -0.25) is 4.79 Å². The molecular weight excluding hydrogens is 556 g/mol. The molecule has 45 heavy (non-hydrogen) atoms. The average Bonchev–Trinajstić information content (AvgIpc) is 3.03. The van der Waals surface area contributed by atoms with Crippen LogP contribution in [0.25, 0.3) is 0 Å². The van der Waals surface area contributed by atoms with Gasteiger partial charge in [0.15, 0.2) is 0 Å². The number of aliphatic hydroxyl groups excluding tert-OH is 2. The highest BCUT2D eigenvalue weighted by Gasteiger charge is 2.28. The summed E-state index contributed by atoms with van der Waals surface area (Å²) in [6.07, 6.45) is 43.2. The van der Waals surface area contributed by atoms with Crippen LogP contribution in [-0.4, -0.2) is 34.5 Å². The molecule has 0 aliphatic rings. The minimum Gasteiger partial charge on any atom is -0.460 e. The van der Waals surface area contributed by atoms with Crippen LogP contribution in [0, 0.1) is 0 Å². The van der Waals surface area contributed by atoms with Crippen molar-refractivity contribution in [1.82, 2.24) is 0 Å². The summed E-state index contributed by atoms with van der Waals surface area (Å²) in [5, 5.41) is 21.3. The van der Waals surface area contributed by atoms with Gasteiger partial charge in [-0.2, -0.15) is 0 Å². The Bertz CT molecular complexity index is 658. The molecular formula is C41H78O4. The van der Waals surface area contributed by atoms with E-state index in [1.54, 1.807) is 0 Å². The molecule has 0 heterocycles. The summed E-state index contributed by atoms with van der Waals surface area (Å²) >= 11 is 0. The van der Waals surface area contributed by atoms with E-state index < -0.39 is 18.3 Å². The van der Waals surface area contributed by atoms with Crippen LogP contribution >= 0.6 is 0 Å². The Labute approximate surface area is 281 Å². The summed E-state index contributed by atoms with van der Waals surface area (Å²) in [5.41, 5.74) is 0. The topological polar surface area (TPSA) is 66.8 Å². The fourth-order valence-corrected chi connectivity index (χ4v) is 6.13. The van der Waals surface area contributed by atoms with Crippen LogP contribution in [0.2, 0.25) is 0 Å². The van der Waals surface area contributed by atoms with Gasteiger partial charge in [0.2, 0.25) is 0 Å². The van der Waals surface area contributed by atoms with E-state index in [4.69, 9.17) is 4.74 Å². The number of esters is 1. The second kappa shape index (κ2) is 35.7. The lowest BCUT2D eigenvalue weighted by molar-refractivity contribution is -0.158. The zero-order valence-electron chi connectivity index (χ0n) is 30.5. The Kier molecular flexibility index (Phi) is 34.8. The maximum absolute atomic E-state index is 11.6. The molecule has 0 rings (SSSR count). The van der Waals surface area contributed by atoms with E-state index in [2.05, 4.69) is 38.2 Å². The van der Waals surface area contributed by atoms with Gasteiger partial charge in [-0.1, -0.05) is 160 Å². The van der Waals surface area contributed by atoms with E-state index in [0.717, 1.165) is 25.7 Å². The normalized spacial score (nSPS) is 14.0. The van der Waals surface area contributed by atoms with E-state index in [1.807, 2.05) is 0 Å². The van der Waals surface area contributed by atoms with Gasteiger partial charge in [-0.05, 0) is 70.6 Å². The molecule has 0 bridgehead atoms. The molecule has 0 amide bonds. The smallest absolute Gasteiger partial charge is 0.302 e. The van der Waals surface area contributed by atoms with Crippen molar-refractivity contribution in [3.8, 4) is 0 Å². The highest BCUT2D eigenvalue weighted by Crippen LogP contribution is 2.19. The summed E-state index contributed by atoms with van der Waals surface area (Å²) in [7, 11) is 0. The molecule has 2 N–H and O–H groups in total. The Hall–Kier alpha value is -1.13. The number of ether oxygens (including phenoxy) is 1. The standard InChI is InChI=1S/C41H78O4/c1-4-6-8-10-12-14-16-18-20-22-24-26-28-30-32-34-36-39(43)41(44)40(45-38(3)42)37-35-33-31-29-27-25-23-21-19-17-15-13-11-9-7-5-2/h18-21,39-41,43-44H,4-17,22-37H2,1-3H3/b20-18-,21-19-. The molecule has 4 heteroatoms. The molecule has 0 fully saturated rings. The van der Waals surface area contributed by atoms with Crippen LogP contribution < -0.4 is 0 Å². The Morgan fingerprint density at radius 2 is 0.800 bits per heavy atom. The lowest BCUT2D eigenvalue weighted by Gasteiger charge is -2.26. The quantitative estimate of drug-likeness (QED) is 0.0413. The monoisotopic (exact) mass is 635 g/mol. The van der Waals surface area contributed by atoms with Gasteiger partial charge in [-0.15, -0.1) is 0 Å². The number of allylic oxidation sites excluding steroid dienone is 4. The number of aliphatic hydroxyl groups is 2. The van der Waals surface area contributed by atoms with Gasteiger partial charge in [0.1, 0.15) is 12.2 Å². The van der Waals surface area contributed by atoms with Gasteiger partial charge < -0.3 is 14.9 Å². The third kappa shape index (κ3) is 32.6. The molecule has 0 aromatic heterocycles. The third-order valence-electron chi connectivity index (χ3n) is 9.10. The van der Waals surface area contributed by atoms with E-state index in [9.17, 15) is 15.0 Å². The third-order valence-corrected chi connectivity index (χ3v) is 9.10. The van der Waals surface area contributed by atoms with Crippen molar-refractivity contribution in [2.45, 2.75) is 232 Å². The maximum Gasteiger partial charge on any atom is 0.302 e. The first-order chi connectivity index (χ1) is 22.0. The predicted molar refractivity (Wildman–Crippen MR) is 196 cm³/mol. The molecule has 0 aliphatic carbocycles. The highest BCUT2D eigenvalue weighted by atomic mass is 16.6. The van der Waals surface area contributed by atoms with Crippen LogP contribution in [-0.2, 0) is 9.53 Å². The number of hydrogen-bond acceptors (Lipinski definition) is 4. The molecule has 0 spiro atoms. The molecule has 0 aromatic rings. The average molecular weight is 635 g/mol. The minimum absolute atomic E-state index is 0.381. The Morgan fingerprint density at radius 3 is 1.16 bits per heavy atom. The van der Waals surface area contributed by atoms with Gasteiger partial charge in [-0.25, -0.2) is 0 Å². The van der Waals surface area contributed by atoms with Crippen molar-refractivity contribution in [1.29, 1.82) is 0 Å². The van der Waals surface area contributed by atoms with Crippen molar-refractivity contribution < 1.29 is 19.7 Å². The zero-order chi connectivity index (χ0) is 33.1. The summed E-state index contributed by atoms with van der Waals surface area (Å²) in [5.74, 6) is -0.381. The van der Waals surface area contributed by atoms with Crippen molar-refractivity contribution in [3.05, 3.63) is 24.3 Å². The van der Waals surface area contributed by atoms with E-state index in [-0.39, 0.29) is 5.97 Å². The van der Waals surface area contributed by atoms with Gasteiger partial charge >= 0.3 is 5.97 Å². The lowest BCUT2D eigenvalue weighted by atomic mass is 9.97. The SMILES string of the molecule is CCCCCCCC/C=C\CCCCCCCCC(O)C(O)C(CCCCCCCC/C=C\CCCCCCCC)OC(C)=O. The largest absolute Gasteiger partial charge is 0.460 e. The summed E-state index contributed by atoms with van der Waals surface area (Å²) in [4.78, 5) is 11.6. The number of rotatable bonds is 35. The van der Waals surface area contributed by atoms with Crippen LogP contribution in [0.4, 0.5) is 0 Å². The van der Waals surface area contributed by atoms with E-state index in [0.29, 0.717) is 12.8 Å². The first-order valence-electron chi connectivity index (χ1n) is 19.9. The van der Waals surface area contributed by atoms with Crippen LogP contribution in [0.1, 0.15) is 213 Å². The van der Waals surface area contributed by atoms with Gasteiger partial charge in [0.05, 0.1) is 6.10 Å². The van der Waals surface area contributed by atoms with Crippen molar-refractivity contribution in [2.75, 3.05) is 0 Å². The Morgan fingerprint density at radius 1 is 0.489 bits per heavy atom. The maximum atomic E-state index is 11.6. The molecule has 3 atom stereocenters. The number of carbonyl (C=O) groups excluding carboxylic acids is 1. The number of hydrogen-bond donors (Lipinski definition) is 2. The first-order valence-corrected chi connectivity index (χ1v) is 19.9. The van der Waals surface area contributed by atoms with Crippen molar-refractivity contribution in [2.24, 2.45) is 0 Å². The van der Waals surface area contributed by atoms with Crippen molar-refractivity contribution in [3.63, 3.8) is 0 Å². The molecule has 0 saturated carbocycles. The van der Waals surface area contributed by atoms with Gasteiger partial charge in [0.25, 0.3) is 0 Å². The zero-order valence-corrected chi connectivity index (χ0v) is 30.5. The van der Waals surface area contributed by atoms with Gasteiger partial charge in [0, 0.05) is 6.92 Å². The molecule has 0 saturated heterocycles. The minimum atomic E-state index is -1.000. The molecule has 3 unspecified atom stereocenters. The summed E-state index contributed by atoms with van der Waals surface area (Å²) < 4.78 is 5.43. The van der Waals surface area contributed by atoms with Crippen LogP contribution in [0.15, 0.2) is 24.3 Å². The van der Waals surface area contributed by atoms with E-state index in [1.165, 1.54) is 161 Å². The molecule has 0 radical (unpaired) electrons. The predicted octanol–water partition coefficient (Wildman–Crippen LogP) is 12.5. The molecule has 266 valence electrons. The molecule has 4 nitrogen and oxygen atoms in total. The fourth-order valence-electron chi connectivity index (χ4n) is 6.13. The highest BCUT2D eigenvalue weighted by molar-refractivity contribution is 5.66. The first kappa shape index (κ1) is 43.9. The van der Waals surface area contributed by atoms with Crippen molar-refractivity contribution >= 4 is 5.97 Å². The second-order valence-electron chi connectivity index (χ2n) is 13.7. The summed E-state index contributed by atoms with van der Waals surface area (Å²) in [6, 6.07) is 0. The molecule has 0 aromatic carbocycles. The number of carbonyl (C=O) groups is 1. The molecule has 0 aliphatic heterocycles.